The number of aryl methyl sites for hydroxylation is 1. The van der Waals surface area contributed by atoms with Gasteiger partial charge in [-0.15, -0.1) is 0 Å². The number of hydrogen-bond acceptors (Lipinski definition) is 2. The number of ketones is 1. The van der Waals surface area contributed by atoms with Crippen molar-refractivity contribution in [3.8, 4) is 5.75 Å². The van der Waals surface area contributed by atoms with Crippen LogP contribution in [0.2, 0.25) is 10.0 Å². The molecule has 0 aliphatic heterocycles. The van der Waals surface area contributed by atoms with E-state index in [1.165, 1.54) is 7.11 Å². The summed E-state index contributed by atoms with van der Waals surface area (Å²) < 4.78 is 5.10. The highest BCUT2D eigenvalue weighted by atomic mass is 35.5. The lowest BCUT2D eigenvalue weighted by atomic mass is 10.0. The molecule has 0 aromatic heterocycles. The van der Waals surface area contributed by atoms with Crippen LogP contribution in [0.15, 0.2) is 36.4 Å². The molecule has 0 spiro atoms. The van der Waals surface area contributed by atoms with Gasteiger partial charge in [-0.05, 0) is 42.8 Å². The summed E-state index contributed by atoms with van der Waals surface area (Å²) in [5.74, 6) is 0.315. The number of carbonyl (C=O) groups excluding carboxylic acids is 1. The predicted octanol–water partition coefficient (Wildman–Crippen LogP) is 4.54. The molecule has 98 valence electrons. The predicted molar refractivity (Wildman–Crippen MR) is 77.6 cm³/mol. The van der Waals surface area contributed by atoms with Gasteiger partial charge in [0.2, 0.25) is 0 Å². The van der Waals surface area contributed by atoms with Crippen LogP contribution < -0.4 is 4.74 Å². The smallest absolute Gasteiger partial charge is 0.194 e. The fourth-order valence-corrected chi connectivity index (χ4v) is 2.28. The normalized spacial score (nSPS) is 10.3. The van der Waals surface area contributed by atoms with E-state index in [0.717, 1.165) is 5.56 Å². The van der Waals surface area contributed by atoms with Crippen molar-refractivity contribution >= 4 is 29.0 Å². The minimum Gasteiger partial charge on any atom is -0.495 e. The summed E-state index contributed by atoms with van der Waals surface area (Å²) in [5.41, 5.74) is 1.97. The standard InChI is InChI=1S/C15H12Cl2O2/c1-9-3-5-11(13(17)7-9)15(18)10-4-6-12(16)14(8-10)19-2/h3-8H,1-2H3. The van der Waals surface area contributed by atoms with E-state index in [1.807, 2.05) is 13.0 Å². The van der Waals surface area contributed by atoms with E-state index in [2.05, 4.69) is 0 Å². The van der Waals surface area contributed by atoms with Crippen LogP contribution in [0.25, 0.3) is 0 Å². The van der Waals surface area contributed by atoms with Gasteiger partial charge >= 0.3 is 0 Å². The molecule has 0 amide bonds. The second-order valence-electron chi connectivity index (χ2n) is 4.16. The summed E-state index contributed by atoms with van der Waals surface area (Å²) in [6, 6.07) is 10.2. The van der Waals surface area contributed by atoms with Gasteiger partial charge in [-0.3, -0.25) is 4.79 Å². The van der Waals surface area contributed by atoms with Gasteiger partial charge in [0, 0.05) is 11.1 Å². The third-order valence-electron chi connectivity index (χ3n) is 2.78. The lowest BCUT2D eigenvalue weighted by Crippen LogP contribution is -2.03. The molecule has 0 bridgehead atoms. The van der Waals surface area contributed by atoms with Crippen LogP contribution in [-0.4, -0.2) is 12.9 Å². The lowest BCUT2D eigenvalue weighted by Gasteiger charge is -2.07. The van der Waals surface area contributed by atoms with Crippen molar-refractivity contribution in [2.75, 3.05) is 7.11 Å². The summed E-state index contributed by atoms with van der Waals surface area (Å²) in [5, 5.41) is 0.910. The van der Waals surface area contributed by atoms with Crippen molar-refractivity contribution in [3.05, 3.63) is 63.1 Å². The van der Waals surface area contributed by atoms with E-state index in [0.29, 0.717) is 26.9 Å². The first-order valence-electron chi connectivity index (χ1n) is 5.67. The number of methoxy groups -OCH3 is 1. The van der Waals surface area contributed by atoms with Gasteiger partial charge in [0.1, 0.15) is 5.75 Å². The zero-order valence-electron chi connectivity index (χ0n) is 10.5. The minimum atomic E-state index is -0.153. The van der Waals surface area contributed by atoms with Crippen LogP contribution in [0.4, 0.5) is 0 Å². The van der Waals surface area contributed by atoms with Gasteiger partial charge < -0.3 is 4.74 Å². The minimum absolute atomic E-state index is 0.153. The van der Waals surface area contributed by atoms with Crippen molar-refractivity contribution in [3.63, 3.8) is 0 Å². The van der Waals surface area contributed by atoms with Crippen LogP contribution in [0.1, 0.15) is 21.5 Å². The fraction of sp³-hybridized carbons (Fsp3) is 0.133. The first-order valence-corrected chi connectivity index (χ1v) is 6.43. The monoisotopic (exact) mass is 294 g/mol. The molecule has 0 unspecified atom stereocenters. The summed E-state index contributed by atoms with van der Waals surface area (Å²) in [6.45, 7) is 1.92. The Morgan fingerprint density at radius 2 is 1.79 bits per heavy atom. The van der Waals surface area contributed by atoms with Crippen LogP contribution in [0, 0.1) is 6.92 Å². The van der Waals surface area contributed by atoms with Crippen LogP contribution in [-0.2, 0) is 0 Å². The number of halogens is 2. The molecule has 2 nitrogen and oxygen atoms in total. The molecule has 0 radical (unpaired) electrons. The first-order chi connectivity index (χ1) is 9.02. The molecule has 0 N–H and O–H groups in total. The molecule has 2 aromatic carbocycles. The van der Waals surface area contributed by atoms with Crippen LogP contribution >= 0.6 is 23.2 Å². The summed E-state index contributed by atoms with van der Waals surface area (Å²) in [7, 11) is 1.51. The Morgan fingerprint density at radius 3 is 2.42 bits per heavy atom. The second kappa shape index (κ2) is 5.64. The maximum Gasteiger partial charge on any atom is 0.194 e. The van der Waals surface area contributed by atoms with Gasteiger partial charge in [0.25, 0.3) is 0 Å². The van der Waals surface area contributed by atoms with E-state index >= 15 is 0 Å². The Kier molecular flexibility index (Phi) is 4.13. The fourth-order valence-electron chi connectivity index (χ4n) is 1.76. The maximum absolute atomic E-state index is 12.4. The van der Waals surface area contributed by atoms with Gasteiger partial charge in [-0.1, -0.05) is 29.3 Å². The van der Waals surface area contributed by atoms with E-state index < -0.39 is 0 Å². The van der Waals surface area contributed by atoms with Crippen molar-refractivity contribution in [1.29, 1.82) is 0 Å². The van der Waals surface area contributed by atoms with E-state index in [4.69, 9.17) is 27.9 Å². The highest BCUT2D eigenvalue weighted by Crippen LogP contribution is 2.27. The van der Waals surface area contributed by atoms with Gasteiger partial charge in [-0.2, -0.15) is 0 Å². The third-order valence-corrected chi connectivity index (χ3v) is 3.41. The van der Waals surface area contributed by atoms with Crippen LogP contribution in [0.3, 0.4) is 0 Å². The Morgan fingerprint density at radius 1 is 1.05 bits per heavy atom. The number of rotatable bonds is 3. The number of hydrogen-bond donors (Lipinski definition) is 0. The molecular formula is C15H12Cl2O2. The van der Waals surface area contributed by atoms with Gasteiger partial charge in [0.05, 0.1) is 17.2 Å². The van der Waals surface area contributed by atoms with E-state index in [-0.39, 0.29) is 5.78 Å². The SMILES string of the molecule is COc1cc(C(=O)c2ccc(C)cc2Cl)ccc1Cl. The molecule has 0 saturated heterocycles. The Balaban J connectivity index is 2.44. The Labute approximate surface area is 121 Å². The second-order valence-corrected chi connectivity index (χ2v) is 4.98. The molecule has 0 aliphatic rings. The zero-order chi connectivity index (χ0) is 14.0. The van der Waals surface area contributed by atoms with E-state index in [1.54, 1.807) is 30.3 Å². The summed E-state index contributed by atoms with van der Waals surface area (Å²) >= 11 is 12.0. The molecule has 4 heteroatoms. The lowest BCUT2D eigenvalue weighted by molar-refractivity contribution is 0.103. The third kappa shape index (κ3) is 2.91. The average molecular weight is 295 g/mol. The molecular weight excluding hydrogens is 283 g/mol. The van der Waals surface area contributed by atoms with Gasteiger partial charge in [0.15, 0.2) is 5.78 Å². The number of ether oxygens (including phenoxy) is 1. The number of carbonyl (C=O) groups is 1. The number of benzene rings is 2. The zero-order valence-corrected chi connectivity index (χ0v) is 12.0. The van der Waals surface area contributed by atoms with Crippen LogP contribution in [0.5, 0.6) is 5.75 Å². The largest absolute Gasteiger partial charge is 0.495 e. The molecule has 19 heavy (non-hydrogen) atoms. The topological polar surface area (TPSA) is 26.3 Å². The highest BCUT2D eigenvalue weighted by molar-refractivity contribution is 6.35. The van der Waals surface area contributed by atoms with Gasteiger partial charge in [-0.25, -0.2) is 0 Å². The maximum atomic E-state index is 12.4. The quantitative estimate of drug-likeness (QED) is 0.777. The van der Waals surface area contributed by atoms with Crippen molar-refractivity contribution in [2.24, 2.45) is 0 Å². The van der Waals surface area contributed by atoms with Crippen molar-refractivity contribution in [1.82, 2.24) is 0 Å². The molecule has 0 atom stereocenters. The highest BCUT2D eigenvalue weighted by Gasteiger charge is 2.14. The summed E-state index contributed by atoms with van der Waals surface area (Å²) in [4.78, 5) is 12.4. The molecule has 0 heterocycles. The Hall–Kier alpha value is -1.51. The van der Waals surface area contributed by atoms with Crippen molar-refractivity contribution < 1.29 is 9.53 Å². The Bertz CT molecular complexity index is 636. The molecule has 2 aromatic rings. The first kappa shape index (κ1) is 13.9. The molecule has 0 fully saturated rings. The average Bonchev–Trinajstić information content (AvgIpc) is 2.38. The molecule has 0 saturated carbocycles. The van der Waals surface area contributed by atoms with Crippen molar-refractivity contribution in [2.45, 2.75) is 6.92 Å². The van der Waals surface area contributed by atoms with E-state index in [9.17, 15) is 4.79 Å². The molecule has 0 aliphatic carbocycles. The summed E-state index contributed by atoms with van der Waals surface area (Å²) in [6.07, 6.45) is 0. The molecule has 2 rings (SSSR count).